The molecule has 6 nitrogen and oxygen atoms in total. The normalized spacial score (nSPS) is 12.0. The average Bonchev–Trinajstić information content (AvgIpc) is 2.27. The van der Waals surface area contributed by atoms with Crippen LogP contribution in [0.4, 0.5) is 0 Å². The molecule has 0 amide bonds. The first-order chi connectivity index (χ1) is 5.57. The summed E-state index contributed by atoms with van der Waals surface area (Å²) in [5.41, 5.74) is 0.564. The summed E-state index contributed by atoms with van der Waals surface area (Å²) in [4.78, 5) is 10.6. The van der Waals surface area contributed by atoms with Crippen molar-refractivity contribution in [1.29, 1.82) is 0 Å². The highest BCUT2D eigenvalue weighted by molar-refractivity contribution is 5.85. The SMILES string of the molecule is Cn1cc(C(=O)O)n(C)/c1=N/N. The first-order valence-electron chi connectivity index (χ1n) is 3.27. The maximum Gasteiger partial charge on any atom is 0.354 e. The predicted molar refractivity (Wildman–Crippen MR) is 41.1 cm³/mol. The number of hydrogen-bond acceptors (Lipinski definition) is 3. The highest BCUT2D eigenvalue weighted by Gasteiger charge is 2.10. The lowest BCUT2D eigenvalue weighted by Gasteiger charge is -1.93. The number of carboxylic acids is 1. The fourth-order valence-corrected chi connectivity index (χ4v) is 1.05. The molecule has 6 heteroatoms. The van der Waals surface area contributed by atoms with Gasteiger partial charge >= 0.3 is 5.97 Å². The number of aromatic nitrogens is 2. The second kappa shape index (κ2) is 2.72. The highest BCUT2D eigenvalue weighted by Crippen LogP contribution is 1.92. The number of carboxylic acid groups (broad SMARTS) is 1. The van der Waals surface area contributed by atoms with Crippen LogP contribution in [0.1, 0.15) is 10.5 Å². The average molecular weight is 170 g/mol. The third-order valence-corrected chi connectivity index (χ3v) is 1.63. The maximum atomic E-state index is 10.6. The molecule has 66 valence electrons. The van der Waals surface area contributed by atoms with Crippen molar-refractivity contribution in [2.75, 3.05) is 0 Å². The van der Waals surface area contributed by atoms with Gasteiger partial charge < -0.3 is 20.1 Å². The number of nitrogens with two attached hydrogens (primary N) is 1. The molecule has 0 fully saturated rings. The van der Waals surface area contributed by atoms with E-state index in [1.54, 1.807) is 18.7 Å². The summed E-state index contributed by atoms with van der Waals surface area (Å²) in [6, 6.07) is 0. The van der Waals surface area contributed by atoms with Crippen LogP contribution in [0.5, 0.6) is 0 Å². The van der Waals surface area contributed by atoms with E-state index in [4.69, 9.17) is 10.9 Å². The van der Waals surface area contributed by atoms with E-state index in [-0.39, 0.29) is 5.69 Å². The van der Waals surface area contributed by atoms with E-state index in [2.05, 4.69) is 5.10 Å². The molecule has 1 rings (SSSR count). The molecule has 0 atom stereocenters. The minimum absolute atomic E-state index is 0.154. The Labute approximate surface area is 68.5 Å². The van der Waals surface area contributed by atoms with Gasteiger partial charge in [-0.3, -0.25) is 0 Å². The minimum atomic E-state index is -0.997. The van der Waals surface area contributed by atoms with E-state index in [9.17, 15) is 4.79 Å². The van der Waals surface area contributed by atoms with Crippen molar-refractivity contribution >= 4 is 5.97 Å². The number of rotatable bonds is 1. The molecule has 0 aliphatic rings. The quantitative estimate of drug-likeness (QED) is 0.411. The van der Waals surface area contributed by atoms with Crippen LogP contribution in [0.25, 0.3) is 0 Å². The van der Waals surface area contributed by atoms with Crippen LogP contribution >= 0.6 is 0 Å². The van der Waals surface area contributed by atoms with Crippen molar-refractivity contribution in [3.8, 4) is 0 Å². The molecule has 0 bridgehead atoms. The minimum Gasteiger partial charge on any atom is -0.477 e. The van der Waals surface area contributed by atoms with Crippen molar-refractivity contribution in [3.05, 3.63) is 17.5 Å². The van der Waals surface area contributed by atoms with Gasteiger partial charge in [-0.2, -0.15) is 0 Å². The van der Waals surface area contributed by atoms with E-state index < -0.39 is 5.97 Å². The number of hydrogen-bond donors (Lipinski definition) is 2. The van der Waals surface area contributed by atoms with Gasteiger partial charge in [0.2, 0.25) is 5.62 Å². The molecule has 3 N–H and O–H groups in total. The molecule has 0 aromatic carbocycles. The van der Waals surface area contributed by atoms with Crippen LogP contribution < -0.4 is 11.5 Å². The number of aromatic carboxylic acids is 1. The Bertz CT molecular complexity index is 373. The van der Waals surface area contributed by atoms with Gasteiger partial charge in [0.05, 0.1) is 0 Å². The molecule has 0 aliphatic carbocycles. The van der Waals surface area contributed by atoms with E-state index in [1.165, 1.54) is 10.8 Å². The topological polar surface area (TPSA) is 85.5 Å². The van der Waals surface area contributed by atoms with E-state index in [1.807, 2.05) is 0 Å². The van der Waals surface area contributed by atoms with Crippen LogP contribution in [0, 0.1) is 0 Å². The van der Waals surface area contributed by atoms with Crippen LogP contribution in [0.2, 0.25) is 0 Å². The Hall–Kier alpha value is -1.72. The first kappa shape index (κ1) is 8.38. The Kier molecular flexibility index (Phi) is 1.90. The van der Waals surface area contributed by atoms with Gasteiger partial charge in [0, 0.05) is 20.3 Å². The lowest BCUT2D eigenvalue weighted by atomic mass is 10.5. The number of imidazole rings is 1. The van der Waals surface area contributed by atoms with Crippen LogP contribution in [-0.2, 0) is 14.1 Å². The van der Waals surface area contributed by atoms with Gasteiger partial charge in [-0.1, -0.05) is 0 Å². The summed E-state index contributed by atoms with van der Waals surface area (Å²) in [7, 11) is 3.27. The number of carbonyl (C=O) groups is 1. The predicted octanol–water partition coefficient (Wildman–Crippen LogP) is -1.16. The van der Waals surface area contributed by atoms with Crippen molar-refractivity contribution in [2.24, 2.45) is 25.0 Å². The van der Waals surface area contributed by atoms with E-state index >= 15 is 0 Å². The Morgan fingerprint density at radius 2 is 2.25 bits per heavy atom. The molecule has 0 unspecified atom stereocenters. The summed E-state index contributed by atoms with van der Waals surface area (Å²) < 4.78 is 2.95. The summed E-state index contributed by atoms with van der Waals surface area (Å²) in [6.45, 7) is 0. The molecule has 1 aromatic rings. The van der Waals surface area contributed by atoms with Crippen molar-refractivity contribution in [3.63, 3.8) is 0 Å². The van der Waals surface area contributed by atoms with Gasteiger partial charge in [-0.25, -0.2) is 4.79 Å². The molecule has 1 heterocycles. The summed E-state index contributed by atoms with van der Waals surface area (Å²) in [6.07, 6.45) is 1.45. The van der Waals surface area contributed by atoms with Gasteiger partial charge in [0.15, 0.2) is 0 Å². The third-order valence-electron chi connectivity index (χ3n) is 1.63. The smallest absolute Gasteiger partial charge is 0.354 e. The Morgan fingerprint density at radius 1 is 1.67 bits per heavy atom. The first-order valence-corrected chi connectivity index (χ1v) is 3.27. The van der Waals surface area contributed by atoms with Gasteiger partial charge in [-0.05, 0) is 0 Å². The lowest BCUT2D eigenvalue weighted by molar-refractivity contribution is 0.0686. The standard InChI is InChI=1S/C6H10N4O2/c1-9-3-4(5(11)12)10(2)6(9)8-7/h3H,7H2,1-2H3,(H,11,12)/b8-6+. The summed E-state index contributed by atoms with van der Waals surface area (Å²) >= 11 is 0. The molecule has 0 saturated carbocycles. The zero-order valence-corrected chi connectivity index (χ0v) is 6.85. The largest absolute Gasteiger partial charge is 0.477 e. The second-order valence-electron chi connectivity index (χ2n) is 2.42. The maximum absolute atomic E-state index is 10.6. The fraction of sp³-hybridized carbons (Fsp3) is 0.333. The molecule has 12 heavy (non-hydrogen) atoms. The van der Waals surface area contributed by atoms with Gasteiger partial charge in [-0.15, -0.1) is 5.10 Å². The van der Waals surface area contributed by atoms with Crippen molar-refractivity contribution < 1.29 is 9.90 Å². The summed E-state index contributed by atoms with van der Waals surface area (Å²) in [5.74, 6) is 4.06. The highest BCUT2D eigenvalue weighted by atomic mass is 16.4. The third kappa shape index (κ3) is 1.07. The molecule has 0 spiro atoms. The van der Waals surface area contributed by atoms with Crippen molar-refractivity contribution in [2.45, 2.75) is 0 Å². The van der Waals surface area contributed by atoms with Crippen LogP contribution in [0.3, 0.4) is 0 Å². The molecular weight excluding hydrogens is 160 g/mol. The molecule has 0 saturated heterocycles. The number of aryl methyl sites for hydroxylation is 1. The number of nitrogens with zero attached hydrogens (tertiary/aromatic N) is 3. The van der Waals surface area contributed by atoms with Crippen LogP contribution in [-0.4, -0.2) is 20.2 Å². The molecular formula is C6H10N4O2. The summed E-state index contributed by atoms with van der Waals surface area (Å²) in [5, 5.41) is 12.1. The van der Waals surface area contributed by atoms with Gasteiger partial charge in [0.1, 0.15) is 5.69 Å². The monoisotopic (exact) mass is 170 g/mol. The fourth-order valence-electron chi connectivity index (χ4n) is 1.05. The van der Waals surface area contributed by atoms with Crippen molar-refractivity contribution in [1.82, 2.24) is 9.13 Å². The molecule has 1 aromatic heterocycles. The zero-order valence-electron chi connectivity index (χ0n) is 6.85. The van der Waals surface area contributed by atoms with Crippen LogP contribution in [0.15, 0.2) is 11.3 Å². The Morgan fingerprint density at radius 3 is 2.50 bits per heavy atom. The van der Waals surface area contributed by atoms with E-state index in [0.717, 1.165) is 0 Å². The lowest BCUT2D eigenvalue weighted by Crippen LogP contribution is -2.25. The molecule has 0 aliphatic heterocycles. The van der Waals surface area contributed by atoms with Gasteiger partial charge in [0.25, 0.3) is 0 Å². The second-order valence-corrected chi connectivity index (χ2v) is 2.42. The van der Waals surface area contributed by atoms with E-state index in [0.29, 0.717) is 5.62 Å². The zero-order chi connectivity index (χ0) is 9.30. The Balaban J connectivity index is 3.48. The molecule has 0 radical (unpaired) electrons.